The molecule has 1 aromatic rings. The number of hydrogen-bond donors (Lipinski definition) is 1. The van der Waals surface area contributed by atoms with Crippen LogP contribution in [0.2, 0.25) is 5.02 Å². The summed E-state index contributed by atoms with van der Waals surface area (Å²) in [5, 5.41) is 4.26. The first kappa shape index (κ1) is 10.3. The highest BCUT2D eigenvalue weighted by Gasteiger charge is 2.27. The Morgan fingerprint density at radius 1 is 1.50 bits per heavy atom. The Balaban J connectivity index is 2.07. The number of benzene rings is 1. The van der Waals surface area contributed by atoms with Crippen LogP contribution < -0.4 is 5.32 Å². The van der Waals surface area contributed by atoms with Crippen molar-refractivity contribution in [1.82, 2.24) is 0 Å². The van der Waals surface area contributed by atoms with Gasteiger partial charge in [-0.2, -0.15) is 0 Å². The zero-order valence-corrected chi connectivity index (χ0v) is 10.4. The van der Waals surface area contributed by atoms with E-state index >= 15 is 0 Å². The number of nitrogens with one attached hydrogen (secondary N) is 1. The summed E-state index contributed by atoms with van der Waals surface area (Å²) in [6, 6.07) is 6.41. The summed E-state index contributed by atoms with van der Waals surface area (Å²) in [4.78, 5) is 0. The van der Waals surface area contributed by atoms with E-state index < -0.39 is 0 Å². The van der Waals surface area contributed by atoms with Crippen molar-refractivity contribution in [1.29, 1.82) is 0 Å². The Labute approximate surface area is 98.0 Å². The van der Waals surface area contributed by atoms with E-state index in [1.807, 2.05) is 18.2 Å². The highest BCUT2D eigenvalue weighted by molar-refractivity contribution is 9.10. The molecule has 76 valence electrons. The fourth-order valence-corrected chi connectivity index (χ4v) is 2.36. The molecule has 1 fully saturated rings. The van der Waals surface area contributed by atoms with E-state index in [1.54, 1.807) is 0 Å². The van der Waals surface area contributed by atoms with Gasteiger partial charge in [0.25, 0.3) is 0 Å². The average Bonchev–Trinajstić information content (AvgIpc) is 2.92. The maximum atomic E-state index is 5.87. The highest BCUT2D eigenvalue weighted by atomic mass is 79.9. The van der Waals surface area contributed by atoms with Gasteiger partial charge in [-0.15, -0.1) is 0 Å². The molecule has 1 aliphatic rings. The second kappa shape index (κ2) is 4.11. The van der Waals surface area contributed by atoms with Crippen LogP contribution in [0.5, 0.6) is 0 Å². The maximum Gasteiger partial charge on any atom is 0.0487 e. The molecule has 1 saturated carbocycles. The van der Waals surface area contributed by atoms with Crippen molar-refractivity contribution in [3.05, 3.63) is 27.7 Å². The quantitative estimate of drug-likeness (QED) is 0.866. The lowest BCUT2D eigenvalue weighted by atomic mass is 10.2. The predicted octanol–water partition coefficient (Wildman–Crippen LogP) is 4.31. The fraction of sp³-hybridized carbons (Fsp3) is 0.455. The highest BCUT2D eigenvalue weighted by Crippen LogP contribution is 2.35. The minimum absolute atomic E-state index is 0.562. The zero-order valence-electron chi connectivity index (χ0n) is 8.06. The number of hydrogen-bond acceptors (Lipinski definition) is 1. The van der Waals surface area contributed by atoms with E-state index in [-0.39, 0.29) is 0 Å². The largest absolute Gasteiger partial charge is 0.381 e. The van der Waals surface area contributed by atoms with Crippen LogP contribution in [0.1, 0.15) is 19.8 Å². The summed E-state index contributed by atoms with van der Waals surface area (Å²) in [6.07, 6.45) is 2.72. The molecule has 1 aliphatic carbocycles. The van der Waals surface area contributed by atoms with Crippen molar-refractivity contribution in [3.8, 4) is 0 Å². The van der Waals surface area contributed by atoms with Gasteiger partial charge in [0.1, 0.15) is 0 Å². The van der Waals surface area contributed by atoms with Gasteiger partial charge in [0, 0.05) is 21.2 Å². The third kappa shape index (κ3) is 2.43. The smallest absolute Gasteiger partial charge is 0.0487 e. The molecule has 0 amide bonds. The van der Waals surface area contributed by atoms with Crippen LogP contribution in [0.25, 0.3) is 0 Å². The molecule has 0 aliphatic heterocycles. The topological polar surface area (TPSA) is 12.0 Å². The van der Waals surface area contributed by atoms with Crippen LogP contribution >= 0.6 is 27.5 Å². The van der Waals surface area contributed by atoms with Gasteiger partial charge in [0.15, 0.2) is 0 Å². The lowest BCUT2D eigenvalue weighted by molar-refractivity contribution is 0.694. The molecule has 0 saturated heterocycles. The molecule has 0 bridgehead atoms. The predicted molar refractivity (Wildman–Crippen MR) is 65.0 cm³/mol. The van der Waals surface area contributed by atoms with Gasteiger partial charge in [-0.3, -0.25) is 0 Å². The molecule has 14 heavy (non-hydrogen) atoms. The van der Waals surface area contributed by atoms with Crippen molar-refractivity contribution in [2.24, 2.45) is 5.92 Å². The summed E-state index contributed by atoms with van der Waals surface area (Å²) >= 11 is 9.37. The van der Waals surface area contributed by atoms with Crippen molar-refractivity contribution < 1.29 is 0 Å². The molecule has 1 nitrogen and oxygen atoms in total. The molecule has 1 N–H and O–H groups in total. The van der Waals surface area contributed by atoms with Crippen LogP contribution in [0.3, 0.4) is 0 Å². The molecule has 1 atom stereocenters. The van der Waals surface area contributed by atoms with Crippen LogP contribution in [0.4, 0.5) is 5.69 Å². The van der Waals surface area contributed by atoms with E-state index in [4.69, 9.17) is 11.6 Å². The van der Waals surface area contributed by atoms with E-state index in [1.165, 1.54) is 12.8 Å². The number of rotatable bonds is 3. The van der Waals surface area contributed by atoms with E-state index in [2.05, 4.69) is 28.2 Å². The Bertz CT molecular complexity index is 336. The Morgan fingerprint density at radius 2 is 2.21 bits per heavy atom. The van der Waals surface area contributed by atoms with Crippen molar-refractivity contribution in [2.75, 3.05) is 5.32 Å². The molecule has 0 radical (unpaired) electrons. The van der Waals surface area contributed by atoms with Crippen molar-refractivity contribution in [3.63, 3.8) is 0 Å². The monoisotopic (exact) mass is 273 g/mol. The molecule has 3 heteroatoms. The third-order valence-corrected chi connectivity index (χ3v) is 3.53. The average molecular weight is 275 g/mol. The molecule has 0 heterocycles. The third-order valence-electron chi connectivity index (χ3n) is 2.64. The fourth-order valence-electron chi connectivity index (χ4n) is 1.57. The molecule has 0 spiro atoms. The minimum atomic E-state index is 0.562. The second-order valence-corrected chi connectivity index (χ2v) is 5.19. The van der Waals surface area contributed by atoms with E-state index in [0.717, 1.165) is 21.1 Å². The molecule has 0 aromatic heterocycles. The standard InChI is InChI=1S/C11H13BrClN/c1-7(8-2-3-8)14-11-5-4-9(13)6-10(11)12/h4-8,14H,2-3H2,1H3. The van der Waals surface area contributed by atoms with Crippen LogP contribution in [0.15, 0.2) is 22.7 Å². The molecule has 1 unspecified atom stereocenters. The number of anilines is 1. The Hall–Kier alpha value is -0.210. The SMILES string of the molecule is CC(Nc1ccc(Cl)cc1Br)C1CC1. The summed E-state index contributed by atoms with van der Waals surface area (Å²) in [5.74, 6) is 0.859. The Morgan fingerprint density at radius 3 is 2.79 bits per heavy atom. The summed E-state index contributed by atoms with van der Waals surface area (Å²) in [6.45, 7) is 2.23. The van der Waals surface area contributed by atoms with E-state index in [9.17, 15) is 0 Å². The zero-order chi connectivity index (χ0) is 10.1. The van der Waals surface area contributed by atoms with Gasteiger partial charge in [0.05, 0.1) is 0 Å². The van der Waals surface area contributed by atoms with Crippen molar-refractivity contribution in [2.45, 2.75) is 25.8 Å². The summed E-state index contributed by atoms with van der Waals surface area (Å²) in [7, 11) is 0. The molecular weight excluding hydrogens is 261 g/mol. The first-order chi connectivity index (χ1) is 6.66. The van der Waals surface area contributed by atoms with Gasteiger partial charge in [-0.25, -0.2) is 0 Å². The lowest BCUT2D eigenvalue weighted by Gasteiger charge is -2.15. The molecular formula is C11H13BrClN. The van der Waals surface area contributed by atoms with Gasteiger partial charge in [-0.1, -0.05) is 11.6 Å². The number of halogens is 2. The van der Waals surface area contributed by atoms with Gasteiger partial charge < -0.3 is 5.32 Å². The minimum Gasteiger partial charge on any atom is -0.381 e. The van der Waals surface area contributed by atoms with Crippen LogP contribution in [0, 0.1) is 5.92 Å². The molecule has 1 aromatic carbocycles. The van der Waals surface area contributed by atoms with Gasteiger partial charge in [-0.05, 0) is 59.8 Å². The maximum absolute atomic E-state index is 5.87. The van der Waals surface area contributed by atoms with Crippen molar-refractivity contribution >= 4 is 33.2 Å². The first-order valence-electron chi connectivity index (χ1n) is 4.88. The van der Waals surface area contributed by atoms with Crippen LogP contribution in [-0.4, -0.2) is 6.04 Å². The molecule has 2 rings (SSSR count). The van der Waals surface area contributed by atoms with E-state index in [0.29, 0.717) is 6.04 Å². The lowest BCUT2D eigenvalue weighted by Crippen LogP contribution is -2.17. The van der Waals surface area contributed by atoms with Crippen LogP contribution in [-0.2, 0) is 0 Å². The van der Waals surface area contributed by atoms with Gasteiger partial charge in [0.2, 0.25) is 0 Å². The second-order valence-electron chi connectivity index (χ2n) is 3.89. The first-order valence-corrected chi connectivity index (χ1v) is 6.05. The van der Waals surface area contributed by atoms with Gasteiger partial charge >= 0.3 is 0 Å². The Kier molecular flexibility index (Phi) is 3.03. The normalized spacial score (nSPS) is 17.9. The summed E-state index contributed by atoms with van der Waals surface area (Å²) < 4.78 is 1.04. The summed E-state index contributed by atoms with van der Waals surface area (Å²) in [5.41, 5.74) is 1.13.